The van der Waals surface area contributed by atoms with Gasteiger partial charge >= 0.3 is 0 Å². The Kier molecular flexibility index (Phi) is 3.39. The molecule has 3 aromatic rings. The van der Waals surface area contributed by atoms with Crippen molar-refractivity contribution < 1.29 is 9.13 Å². The van der Waals surface area contributed by atoms with E-state index in [-0.39, 0.29) is 11.9 Å². The van der Waals surface area contributed by atoms with Crippen molar-refractivity contribution in [3.63, 3.8) is 0 Å². The minimum absolute atomic E-state index is 0.304. The summed E-state index contributed by atoms with van der Waals surface area (Å²) in [5.41, 5.74) is 0.516. The third kappa shape index (κ3) is 2.42. The van der Waals surface area contributed by atoms with Crippen LogP contribution in [0.1, 0.15) is 17.2 Å². The second kappa shape index (κ2) is 5.44. The van der Waals surface area contributed by atoms with E-state index in [9.17, 15) is 4.39 Å². The lowest BCUT2D eigenvalue weighted by molar-refractivity contribution is 0.257. The highest BCUT2D eigenvalue weighted by atomic mass is 35.5. The first-order valence-electron chi connectivity index (χ1n) is 7.20. The maximum absolute atomic E-state index is 14.4. The van der Waals surface area contributed by atoms with E-state index in [2.05, 4.69) is 10.1 Å². The summed E-state index contributed by atoms with van der Waals surface area (Å²) in [5, 5.41) is 4.72. The fraction of sp³-hybridized carbons (Fsp3) is 0.176. The molecule has 1 aliphatic rings. The number of halogens is 2. The monoisotopic (exact) mass is 329 g/mol. The summed E-state index contributed by atoms with van der Waals surface area (Å²) in [5.74, 6) is -0.304. The molecule has 4 rings (SSSR count). The van der Waals surface area contributed by atoms with Gasteiger partial charge in [-0.05, 0) is 12.1 Å². The van der Waals surface area contributed by atoms with E-state index in [1.165, 1.54) is 12.4 Å². The first-order valence-corrected chi connectivity index (χ1v) is 7.58. The molecule has 0 amide bonds. The van der Waals surface area contributed by atoms with Crippen LogP contribution in [0.3, 0.4) is 0 Å². The van der Waals surface area contributed by atoms with Gasteiger partial charge in [-0.1, -0.05) is 48.0 Å². The highest BCUT2D eigenvalue weighted by Gasteiger charge is 2.60. The largest absolute Gasteiger partial charge is 0.354 e. The number of rotatable bonds is 4. The lowest BCUT2D eigenvalue weighted by Crippen LogP contribution is -2.21. The zero-order valence-electron chi connectivity index (χ0n) is 12.1. The summed E-state index contributed by atoms with van der Waals surface area (Å²) < 4.78 is 22.0. The lowest BCUT2D eigenvalue weighted by atomic mass is 9.91. The molecule has 0 spiro atoms. The molecule has 0 aliphatic carbocycles. The van der Waals surface area contributed by atoms with Crippen LogP contribution in [0, 0.1) is 5.82 Å². The summed E-state index contributed by atoms with van der Waals surface area (Å²) in [7, 11) is 0. The van der Waals surface area contributed by atoms with Crippen LogP contribution in [-0.4, -0.2) is 14.8 Å². The molecule has 1 fully saturated rings. The number of aromatic nitrogens is 3. The molecule has 0 saturated carbocycles. The average molecular weight is 330 g/mol. The molecular weight excluding hydrogens is 317 g/mol. The predicted molar refractivity (Wildman–Crippen MR) is 83.4 cm³/mol. The van der Waals surface area contributed by atoms with E-state index < -0.39 is 5.60 Å². The Morgan fingerprint density at radius 1 is 1.17 bits per heavy atom. The van der Waals surface area contributed by atoms with Crippen LogP contribution in [-0.2, 0) is 16.9 Å². The summed E-state index contributed by atoms with van der Waals surface area (Å²) >= 11 is 6.29. The van der Waals surface area contributed by atoms with E-state index in [1.54, 1.807) is 35.3 Å². The van der Waals surface area contributed by atoms with Gasteiger partial charge in [-0.3, -0.25) is 0 Å². The minimum atomic E-state index is -0.829. The van der Waals surface area contributed by atoms with Crippen molar-refractivity contribution in [3.8, 4) is 0 Å². The van der Waals surface area contributed by atoms with Gasteiger partial charge in [-0.2, -0.15) is 5.10 Å². The minimum Gasteiger partial charge on any atom is -0.354 e. The second-order valence-corrected chi connectivity index (χ2v) is 5.89. The Morgan fingerprint density at radius 3 is 2.70 bits per heavy atom. The highest BCUT2D eigenvalue weighted by molar-refractivity contribution is 6.31. The summed E-state index contributed by atoms with van der Waals surface area (Å²) in [6, 6.07) is 14.1. The Bertz CT molecular complexity index is 839. The Hall–Kier alpha value is -2.24. The molecule has 2 atom stereocenters. The molecule has 2 heterocycles. The molecule has 2 unspecified atom stereocenters. The van der Waals surface area contributed by atoms with Gasteiger partial charge in [0.25, 0.3) is 0 Å². The SMILES string of the molecule is Fc1ccccc1C1(Cn2cncn2)OC1c1ccccc1Cl. The van der Waals surface area contributed by atoms with E-state index >= 15 is 0 Å². The van der Waals surface area contributed by atoms with Crippen molar-refractivity contribution in [1.29, 1.82) is 0 Å². The van der Waals surface area contributed by atoms with E-state index in [0.717, 1.165) is 5.56 Å². The van der Waals surface area contributed by atoms with E-state index in [4.69, 9.17) is 16.3 Å². The molecule has 116 valence electrons. The third-order valence-corrected chi connectivity index (χ3v) is 4.42. The maximum atomic E-state index is 14.4. The number of hydrogen-bond acceptors (Lipinski definition) is 3. The molecule has 0 N–H and O–H groups in total. The van der Waals surface area contributed by atoms with Crippen LogP contribution in [0.25, 0.3) is 0 Å². The molecule has 2 aromatic carbocycles. The van der Waals surface area contributed by atoms with Gasteiger partial charge in [0.05, 0.1) is 6.54 Å². The number of benzene rings is 2. The fourth-order valence-electron chi connectivity index (χ4n) is 2.95. The average Bonchev–Trinajstić information content (AvgIpc) is 3.01. The second-order valence-electron chi connectivity index (χ2n) is 5.48. The van der Waals surface area contributed by atoms with Crippen LogP contribution >= 0.6 is 11.6 Å². The van der Waals surface area contributed by atoms with Gasteiger partial charge < -0.3 is 4.74 Å². The normalized spacial score (nSPS) is 23.0. The smallest absolute Gasteiger partial charge is 0.147 e. The van der Waals surface area contributed by atoms with Crippen LogP contribution in [0.2, 0.25) is 5.02 Å². The molecule has 1 aromatic heterocycles. The summed E-state index contributed by atoms with van der Waals surface area (Å²) in [6.45, 7) is 0.365. The van der Waals surface area contributed by atoms with Crippen molar-refractivity contribution in [3.05, 3.63) is 83.2 Å². The highest BCUT2D eigenvalue weighted by Crippen LogP contribution is 2.59. The molecule has 0 bridgehead atoms. The zero-order chi connectivity index (χ0) is 15.9. The summed E-state index contributed by atoms with van der Waals surface area (Å²) in [4.78, 5) is 3.94. The quantitative estimate of drug-likeness (QED) is 0.685. The van der Waals surface area contributed by atoms with E-state index in [0.29, 0.717) is 17.1 Å². The van der Waals surface area contributed by atoms with Crippen LogP contribution < -0.4 is 0 Å². The molecular formula is C17H13ClFN3O. The zero-order valence-corrected chi connectivity index (χ0v) is 12.8. The van der Waals surface area contributed by atoms with Crippen molar-refractivity contribution in [2.24, 2.45) is 0 Å². The van der Waals surface area contributed by atoms with Crippen molar-refractivity contribution >= 4 is 11.6 Å². The van der Waals surface area contributed by atoms with Gasteiger partial charge in [0.15, 0.2) is 0 Å². The van der Waals surface area contributed by atoms with Crippen LogP contribution in [0.15, 0.2) is 61.2 Å². The number of hydrogen-bond donors (Lipinski definition) is 0. The van der Waals surface area contributed by atoms with Crippen molar-refractivity contribution in [2.45, 2.75) is 18.2 Å². The molecule has 0 radical (unpaired) electrons. The fourth-order valence-corrected chi connectivity index (χ4v) is 3.18. The molecule has 4 nitrogen and oxygen atoms in total. The predicted octanol–water partition coefficient (Wildman–Crippen LogP) is 3.74. The van der Waals surface area contributed by atoms with Gasteiger partial charge in [-0.15, -0.1) is 0 Å². The van der Waals surface area contributed by atoms with E-state index in [1.807, 2.05) is 18.2 Å². The van der Waals surface area contributed by atoms with Crippen LogP contribution in [0.4, 0.5) is 4.39 Å². The Labute approximate surface area is 137 Å². The number of nitrogens with zero attached hydrogens (tertiary/aromatic N) is 3. The molecule has 1 saturated heterocycles. The molecule has 23 heavy (non-hydrogen) atoms. The van der Waals surface area contributed by atoms with Crippen molar-refractivity contribution in [2.75, 3.05) is 0 Å². The summed E-state index contributed by atoms with van der Waals surface area (Å²) in [6.07, 6.45) is 2.72. The molecule has 6 heteroatoms. The Balaban J connectivity index is 1.78. The van der Waals surface area contributed by atoms with Gasteiger partial charge in [-0.25, -0.2) is 14.1 Å². The van der Waals surface area contributed by atoms with Crippen molar-refractivity contribution in [1.82, 2.24) is 14.8 Å². The number of epoxide rings is 1. The number of ether oxygens (including phenoxy) is 1. The van der Waals surface area contributed by atoms with Crippen LogP contribution in [0.5, 0.6) is 0 Å². The lowest BCUT2D eigenvalue weighted by Gasteiger charge is -2.15. The third-order valence-electron chi connectivity index (χ3n) is 4.08. The van der Waals surface area contributed by atoms with Gasteiger partial charge in [0.2, 0.25) is 0 Å². The van der Waals surface area contributed by atoms with Gasteiger partial charge in [0.1, 0.15) is 30.2 Å². The molecule has 1 aliphatic heterocycles. The topological polar surface area (TPSA) is 43.2 Å². The maximum Gasteiger partial charge on any atom is 0.147 e. The first-order chi connectivity index (χ1) is 11.2. The Morgan fingerprint density at radius 2 is 1.96 bits per heavy atom. The van der Waals surface area contributed by atoms with Gasteiger partial charge in [0, 0.05) is 16.1 Å². The standard InChI is InChI=1S/C17H13ClFN3O/c18-14-7-3-1-5-12(14)16-17(23-16,9-22-11-20-10-21-22)13-6-2-4-8-15(13)19/h1-8,10-11,16H,9H2. The first kappa shape index (κ1) is 14.4.